The standard InChI is InChI=1S/C29H35BrN7O3P/c1-29(2)20-16-19(10-11-23(20)37(27(29)39)18-25(38)36-14-12-35(3)13-15-36)32-28-31-17-21(30)26(34-28)33-22-8-6-7-9-24(22)41(4,5)40/h6-11,16-17H,12-15,18H2,1-5H3,(H2,31,32,33,34). The highest BCUT2D eigenvalue weighted by Gasteiger charge is 2.45. The van der Waals surface area contributed by atoms with Gasteiger partial charge in [-0.2, -0.15) is 4.98 Å². The first-order chi connectivity index (χ1) is 19.3. The summed E-state index contributed by atoms with van der Waals surface area (Å²) < 4.78 is 13.5. The highest BCUT2D eigenvalue weighted by Crippen LogP contribution is 2.43. The minimum absolute atomic E-state index is 0.0283. The maximum Gasteiger partial charge on any atom is 0.242 e. The van der Waals surface area contributed by atoms with Crippen LogP contribution in [0.2, 0.25) is 0 Å². The second-order valence-electron chi connectivity index (χ2n) is 11.4. The Morgan fingerprint density at radius 1 is 1.07 bits per heavy atom. The molecule has 0 unspecified atom stereocenters. The number of hydrogen-bond donors (Lipinski definition) is 2. The van der Waals surface area contributed by atoms with Crippen LogP contribution in [0.5, 0.6) is 0 Å². The maximum absolute atomic E-state index is 13.4. The van der Waals surface area contributed by atoms with E-state index in [-0.39, 0.29) is 18.4 Å². The van der Waals surface area contributed by atoms with Crippen molar-refractivity contribution in [3.8, 4) is 0 Å². The van der Waals surface area contributed by atoms with Crippen LogP contribution in [0.1, 0.15) is 19.4 Å². The van der Waals surface area contributed by atoms with Crippen LogP contribution in [0, 0.1) is 0 Å². The average molecular weight is 641 g/mol. The zero-order valence-electron chi connectivity index (χ0n) is 23.9. The van der Waals surface area contributed by atoms with E-state index in [1.165, 1.54) is 0 Å². The number of fused-ring (bicyclic) bond motifs is 1. The highest BCUT2D eigenvalue weighted by atomic mass is 79.9. The van der Waals surface area contributed by atoms with Crippen LogP contribution in [-0.4, -0.2) is 84.7 Å². The van der Waals surface area contributed by atoms with Gasteiger partial charge < -0.3 is 29.9 Å². The van der Waals surface area contributed by atoms with E-state index in [1.807, 2.05) is 68.3 Å². The SMILES string of the molecule is CN1CCN(C(=O)CN2C(=O)C(C)(C)c3cc(Nc4ncc(Br)c(Nc5ccccc5P(C)(C)=O)n4)ccc32)CC1. The van der Waals surface area contributed by atoms with Crippen molar-refractivity contribution in [3.63, 3.8) is 0 Å². The molecule has 0 saturated carbocycles. The number of carbonyl (C=O) groups excluding carboxylic acids is 2. The number of aromatic nitrogens is 2. The third-order valence-electron chi connectivity index (χ3n) is 7.63. The zero-order valence-corrected chi connectivity index (χ0v) is 26.4. The molecule has 2 aromatic carbocycles. The molecule has 0 atom stereocenters. The van der Waals surface area contributed by atoms with Crippen LogP contribution < -0.4 is 20.8 Å². The first kappa shape index (κ1) is 29.2. The maximum atomic E-state index is 13.4. The van der Waals surface area contributed by atoms with Gasteiger partial charge in [0, 0.05) is 49.1 Å². The number of rotatable bonds is 7. The minimum atomic E-state index is -2.52. The van der Waals surface area contributed by atoms with Crippen LogP contribution in [0.4, 0.5) is 28.8 Å². The summed E-state index contributed by atoms with van der Waals surface area (Å²) in [7, 11) is -0.474. The van der Waals surface area contributed by atoms with Gasteiger partial charge in [-0.3, -0.25) is 9.59 Å². The molecule has 2 aliphatic rings. The number of hydrogen-bond acceptors (Lipinski definition) is 8. The lowest BCUT2D eigenvalue weighted by molar-refractivity contribution is -0.133. The van der Waals surface area contributed by atoms with E-state index in [9.17, 15) is 14.2 Å². The van der Waals surface area contributed by atoms with Gasteiger partial charge in [0.2, 0.25) is 17.8 Å². The first-order valence-corrected chi connectivity index (χ1v) is 16.9. The molecule has 0 spiro atoms. The van der Waals surface area contributed by atoms with E-state index in [0.29, 0.717) is 29.3 Å². The Morgan fingerprint density at radius 3 is 2.49 bits per heavy atom. The van der Waals surface area contributed by atoms with Gasteiger partial charge in [0.1, 0.15) is 19.5 Å². The van der Waals surface area contributed by atoms with Crippen LogP contribution in [0.3, 0.4) is 0 Å². The molecule has 1 aromatic heterocycles. The van der Waals surface area contributed by atoms with Gasteiger partial charge in [-0.15, -0.1) is 0 Å². The Kier molecular flexibility index (Phi) is 7.98. The van der Waals surface area contributed by atoms with Crippen LogP contribution >= 0.6 is 23.1 Å². The Bertz CT molecular complexity index is 1550. The molecule has 0 radical (unpaired) electrons. The average Bonchev–Trinajstić information content (AvgIpc) is 3.11. The summed E-state index contributed by atoms with van der Waals surface area (Å²) in [4.78, 5) is 41.2. The van der Waals surface area contributed by atoms with Crippen molar-refractivity contribution in [2.45, 2.75) is 19.3 Å². The number of amides is 2. The molecular formula is C29H35BrN7O3P. The fourth-order valence-corrected chi connectivity index (χ4v) is 6.63. The first-order valence-electron chi connectivity index (χ1n) is 13.5. The molecule has 2 aliphatic heterocycles. The number of nitrogens with zero attached hydrogens (tertiary/aromatic N) is 5. The normalized spacial score (nSPS) is 17.0. The fourth-order valence-electron chi connectivity index (χ4n) is 5.18. The van der Waals surface area contributed by atoms with Gasteiger partial charge in [-0.25, -0.2) is 4.98 Å². The van der Waals surface area contributed by atoms with Gasteiger partial charge in [0.05, 0.1) is 15.6 Å². The topological polar surface area (TPSA) is 111 Å². The van der Waals surface area contributed by atoms with Crippen molar-refractivity contribution in [3.05, 3.63) is 58.7 Å². The number of piperazine rings is 1. The summed E-state index contributed by atoms with van der Waals surface area (Å²) in [5.74, 6) is 0.744. The van der Waals surface area contributed by atoms with Crippen molar-refractivity contribution >= 4 is 69.0 Å². The van der Waals surface area contributed by atoms with Crippen molar-refractivity contribution in [1.29, 1.82) is 0 Å². The van der Waals surface area contributed by atoms with E-state index >= 15 is 0 Å². The second-order valence-corrected chi connectivity index (χ2v) is 15.5. The molecule has 3 heterocycles. The summed E-state index contributed by atoms with van der Waals surface area (Å²) in [6.45, 7) is 10.3. The highest BCUT2D eigenvalue weighted by molar-refractivity contribution is 9.10. The van der Waals surface area contributed by atoms with Gasteiger partial charge in [0.15, 0.2) is 0 Å². The monoisotopic (exact) mass is 639 g/mol. The van der Waals surface area contributed by atoms with E-state index in [2.05, 4.69) is 41.4 Å². The molecule has 2 N–H and O–H groups in total. The van der Waals surface area contributed by atoms with Crippen LogP contribution in [-0.2, 0) is 19.6 Å². The lowest BCUT2D eigenvalue weighted by atomic mass is 9.86. The van der Waals surface area contributed by atoms with E-state index in [4.69, 9.17) is 0 Å². The summed E-state index contributed by atoms with van der Waals surface area (Å²) in [5.41, 5.74) is 2.23. The van der Waals surface area contributed by atoms with Gasteiger partial charge >= 0.3 is 0 Å². The number of anilines is 5. The zero-order chi connectivity index (χ0) is 29.5. The lowest BCUT2D eigenvalue weighted by Gasteiger charge is -2.33. The Labute approximate surface area is 249 Å². The summed E-state index contributed by atoms with van der Waals surface area (Å²) in [6.07, 6.45) is 1.64. The molecule has 0 aliphatic carbocycles. The molecule has 41 heavy (non-hydrogen) atoms. The third-order valence-corrected chi connectivity index (χ3v) is 9.76. The van der Waals surface area contributed by atoms with E-state index in [0.717, 1.165) is 41.0 Å². The van der Waals surface area contributed by atoms with Crippen LogP contribution in [0.15, 0.2) is 53.1 Å². The number of para-hydroxylation sites is 1. The largest absolute Gasteiger partial charge is 0.339 e. The predicted octanol–water partition coefficient (Wildman–Crippen LogP) is 4.37. The summed E-state index contributed by atoms with van der Waals surface area (Å²) in [5, 5.41) is 7.27. The second kappa shape index (κ2) is 11.2. The molecule has 12 heteroatoms. The summed E-state index contributed by atoms with van der Waals surface area (Å²) >= 11 is 3.51. The van der Waals surface area contributed by atoms with Crippen molar-refractivity contribution in [2.75, 3.05) is 68.6 Å². The number of nitrogens with one attached hydrogen (secondary N) is 2. The molecular weight excluding hydrogens is 605 g/mol. The smallest absolute Gasteiger partial charge is 0.242 e. The van der Waals surface area contributed by atoms with Crippen molar-refractivity contribution < 1.29 is 14.2 Å². The molecule has 0 bridgehead atoms. The third kappa shape index (κ3) is 6.03. The number of benzene rings is 2. The number of carbonyl (C=O) groups is 2. The number of likely N-dealkylation sites (N-methyl/N-ethyl adjacent to an activating group) is 1. The molecule has 1 saturated heterocycles. The Hall–Kier alpha value is -3.27. The predicted molar refractivity (Wildman–Crippen MR) is 168 cm³/mol. The van der Waals surface area contributed by atoms with E-state index < -0.39 is 12.6 Å². The molecule has 216 valence electrons. The fraction of sp³-hybridized carbons (Fsp3) is 0.379. The van der Waals surface area contributed by atoms with Crippen molar-refractivity contribution in [1.82, 2.24) is 19.8 Å². The molecule has 1 fully saturated rings. The molecule has 2 amide bonds. The van der Waals surface area contributed by atoms with Crippen molar-refractivity contribution in [2.24, 2.45) is 0 Å². The molecule has 10 nitrogen and oxygen atoms in total. The van der Waals surface area contributed by atoms with Gasteiger partial charge in [0.25, 0.3) is 0 Å². The Balaban J connectivity index is 1.37. The van der Waals surface area contributed by atoms with E-state index in [1.54, 1.807) is 24.4 Å². The Morgan fingerprint density at radius 2 is 1.78 bits per heavy atom. The van der Waals surface area contributed by atoms with Gasteiger partial charge in [-0.05, 0) is 86.1 Å². The minimum Gasteiger partial charge on any atom is -0.339 e. The molecule has 3 aromatic rings. The molecule has 5 rings (SSSR count). The lowest BCUT2D eigenvalue weighted by Crippen LogP contribution is -2.51. The van der Waals surface area contributed by atoms with Crippen LogP contribution in [0.25, 0.3) is 0 Å². The number of halogens is 1. The van der Waals surface area contributed by atoms with Gasteiger partial charge in [-0.1, -0.05) is 12.1 Å². The summed E-state index contributed by atoms with van der Waals surface area (Å²) in [6, 6.07) is 13.1. The quantitative estimate of drug-likeness (QED) is 0.367.